The van der Waals surface area contributed by atoms with Gasteiger partial charge >= 0.3 is 3.92 Å². The van der Waals surface area contributed by atoms with E-state index in [1.54, 1.807) is 0 Å². The van der Waals surface area contributed by atoms with Gasteiger partial charge in [-0.05, 0) is 59.1 Å². The normalized spacial score (nSPS) is 10.5. The first-order chi connectivity index (χ1) is 11.9. The molecule has 0 spiro atoms. The van der Waals surface area contributed by atoms with Gasteiger partial charge in [-0.3, -0.25) is 20.2 Å². The molecule has 0 heterocycles. The quantitative estimate of drug-likeness (QED) is 0.204. The second-order valence-corrected chi connectivity index (χ2v) is 7.75. The number of alkyl halides is 3. The third-order valence-electron chi connectivity index (χ3n) is 2.44. The molecule has 0 amide bonds. The fourth-order valence-electron chi connectivity index (χ4n) is 1.38. The molecule has 2 rings (SSSR count). The van der Waals surface area contributed by atoms with Crippen LogP contribution in [-0.4, -0.2) is 13.8 Å². The smallest absolute Gasteiger partial charge is 0.449 e. The fraction of sp³-hybridized carbons (Fsp3) is 0.0769. The molecule has 0 saturated carbocycles. The molecule has 13 heteroatoms. The van der Waals surface area contributed by atoms with Crippen molar-refractivity contribution in [1.82, 2.24) is 0 Å². The van der Waals surface area contributed by atoms with E-state index in [0.29, 0.717) is 10.8 Å². The molecule has 0 N–H and O–H groups in total. The first kappa shape index (κ1) is 22.8. The van der Waals surface area contributed by atoms with E-state index in [1.165, 1.54) is 36.4 Å². The highest BCUT2D eigenvalue weighted by Crippen LogP contribution is 2.38. The highest BCUT2D eigenvalue weighted by atomic mass is 35.6. The number of ether oxygens (including phenoxy) is 1. The van der Waals surface area contributed by atoms with Crippen molar-refractivity contribution < 1.29 is 14.6 Å². The summed E-state index contributed by atoms with van der Waals surface area (Å²) in [5.41, 5.74) is -0.0272. The van der Waals surface area contributed by atoms with Crippen LogP contribution < -0.4 is 4.74 Å². The molecule has 0 aliphatic rings. The minimum absolute atomic E-state index is 0.0272. The maximum atomic E-state index is 10.5. The minimum Gasteiger partial charge on any atom is -0.454 e. The van der Waals surface area contributed by atoms with Crippen molar-refractivity contribution >= 4 is 75.3 Å². The Balaban J connectivity index is 0.000000412. The van der Waals surface area contributed by atoms with E-state index in [4.69, 9.17) is 74.3 Å². The van der Waals surface area contributed by atoms with Gasteiger partial charge in [0.25, 0.3) is 5.69 Å². The Morgan fingerprint density at radius 3 is 1.65 bits per heavy atom. The summed E-state index contributed by atoms with van der Waals surface area (Å²) < 4.78 is 3.12. The number of hydrogen-bond acceptors (Lipinski definition) is 5. The van der Waals surface area contributed by atoms with E-state index < -0.39 is 13.8 Å². The Bertz CT molecular complexity index is 787. The zero-order valence-corrected chi connectivity index (χ0v) is 16.7. The van der Waals surface area contributed by atoms with Crippen LogP contribution in [0.3, 0.4) is 0 Å². The largest absolute Gasteiger partial charge is 0.454 e. The zero-order chi connectivity index (χ0) is 20.1. The number of nitrogens with zero attached hydrogens (tertiary/aromatic N) is 2. The van der Waals surface area contributed by atoms with E-state index in [1.807, 2.05) is 0 Å². The Morgan fingerprint density at radius 1 is 0.885 bits per heavy atom. The van der Waals surface area contributed by atoms with Crippen LogP contribution >= 0.6 is 69.6 Å². The highest BCUT2D eigenvalue weighted by Gasteiger charge is 2.33. The summed E-state index contributed by atoms with van der Waals surface area (Å²) in [4.78, 5) is 18.4. The molecule has 2 aromatic rings. The fourth-order valence-corrected chi connectivity index (χ4v) is 2.27. The van der Waals surface area contributed by atoms with Crippen LogP contribution in [0.25, 0.3) is 0 Å². The van der Waals surface area contributed by atoms with Crippen LogP contribution in [0.2, 0.25) is 15.1 Å². The van der Waals surface area contributed by atoms with Crippen molar-refractivity contribution in [3.05, 3.63) is 71.7 Å². The molecule has 0 aromatic heterocycles. The van der Waals surface area contributed by atoms with Gasteiger partial charge in [-0.2, -0.15) is 0 Å². The summed E-state index contributed by atoms with van der Waals surface area (Å²) in [7, 11) is 0. The molecule has 0 bridgehead atoms. The second kappa shape index (κ2) is 9.64. The van der Waals surface area contributed by atoms with Gasteiger partial charge in [-0.25, -0.2) is 0 Å². The number of non-ortho nitro benzene ring substituents is 1. The molecule has 0 unspecified atom stereocenters. The van der Waals surface area contributed by atoms with Crippen molar-refractivity contribution in [2.75, 3.05) is 0 Å². The Morgan fingerprint density at radius 2 is 1.31 bits per heavy atom. The molecule has 7 nitrogen and oxygen atoms in total. The summed E-state index contributed by atoms with van der Waals surface area (Å²) in [5.74, 6) is 0.637. The van der Waals surface area contributed by atoms with Gasteiger partial charge in [-0.1, -0.05) is 34.8 Å². The van der Waals surface area contributed by atoms with E-state index >= 15 is 0 Å². The lowest BCUT2D eigenvalue weighted by atomic mass is 10.3. The Kier molecular flexibility index (Phi) is 8.46. The first-order valence-electron chi connectivity index (χ1n) is 6.20. The van der Waals surface area contributed by atoms with Crippen LogP contribution in [0, 0.1) is 20.2 Å². The van der Waals surface area contributed by atoms with Crippen molar-refractivity contribution in [3.8, 4) is 11.5 Å². The summed E-state index contributed by atoms with van der Waals surface area (Å²) in [5, 5.41) is 20.9. The van der Waals surface area contributed by atoms with Crippen molar-refractivity contribution in [1.29, 1.82) is 0 Å². The average molecular weight is 483 g/mol. The number of nitro groups is 2. The van der Waals surface area contributed by atoms with Crippen LogP contribution in [0.5, 0.6) is 11.5 Å². The summed E-state index contributed by atoms with van der Waals surface area (Å²) in [6, 6.07) is 8.56. The molecule has 140 valence electrons. The summed E-state index contributed by atoms with van der Waals surface area (Å²) in [6.45, 7) is 0. The molecular formula is C13H6Cl6N2O5. The number of benzene rings is 2. The van der Waals surface area contributed by atoms with Gasteiger partial charge in [0.15, 0.2) is 5.75 Å². The standard InChI is InChI=1S/C12H6Cl3NO3.CCl3NO2/c13-7-5-10(14)12(11(15)6-7)19-9-3-1-8(2-4-9)16(17)18;2-1(3,4)5(6)7/h1-6H;. The molecular weight excluding hydrogens is 477 g/mol. The van der Waals surface area contributed by atoms with E-state index in [0.717, 1.165) is 0 Å². The van der Waals surface area contributed by atoms with Gasteiger partial charge in [0, 0.05) is 17.2 Å². The van der Waals surface area contributed by atoms with Gasteiger partial charge in [0.05, 0.1) is 19.9 Å². The minimum atomic E-state index is -2.36. The predicted octanol–water partition coefficient (Wildman–Crippen LogP) is 6.94. The predicted molar refractivity (Wildman–Crippen MR) is 102 cm³/mol. The molecule has 0 aliphatic carbocycles. The van der Waals surface area contributed by atoms with E-state index in [9.17, 15) is 20.2 Å². The second-order valence-electron chi connectivity index (χ2n) is 4.28. The maximum Gasteiger partial charge on any atom is 0.449 e. The molecule has 2 aromatic carbocycles. The van der Waals surface area contributed by atoms with Crippen LogP contribution in [0.15, 0.2) is 36.4 Å². The van der Waals surface area contributed by atoms with Crippen LogP contribution in [-0.2, 0) is 0 Å². The lowest BCUT2D eigenvalue weighted by Gasteiger charge is -2.09. The van der Waals surface area contributed by atoms with Gasteiger partial charge < -0.3 is 4.74 Å². The molecule has 0 aliphatic heterocycles. The topological polar surface area (TPSA) is 95.5 Å². The van der Waals surface area contributed by atoms with E-state index in [-0.39, 0.29) is 21.5 Å². The van der Waals surface area contributed by atoms with Gasteiger partial charge in [0.2, 0.25) is 0 Å². The third kappa shape index (κ3) is 7.19. The van der Waals surface area contributed by atoms with Gasteiger partial charge in [-0.15, -0.1) is 0 Å². The molecule has 0 fully saturated rings. The SMILES string of the molecule is O=[N+]([O-])C(Cl)(Cl)Cl.O=[N+]([O-])c1ccc(Oc2c(Cl)cc(Cl)cc2Cl)cc1. The number of rotatable bonds is 3. The van der Waals surface area contributed by atoms with Crippen molar-refractivity contribution in [2.24, 2.45) is 0 Å². The molecule has 0 radical (unpaired) electrons. The third-order valence-corrected chi connectivity index (χ3v) is 3.63. The number of nitro benzene ring substituents is 1. The monoisotopic (exact) mass is 480 g/mol. The first-order valence-corrected chi connectivity index (χ1v) is 8.46. The molecule has 26 heavy (non-hydrogen) atoms. The van der Waals surface area contributed by atoms with Crippen molar-refractivity contribution in [3.63, 3.8) is 0 Å². The Labute approximate surface area is 176 Å². The lowest BCUT2D eigenvalue weighted by Crippen LogP contribution is -2.15. The number of hydrogen-bond donors (Lipinski definition) is 0. The maximum absolute atomic E-state index is 10.5. The summed E-state index contributed by atoms with van der Waals surface area (Å²) >= 11 is 31.8. The van der Waals surface area contributed by atoms with E-state index in [2.05, 4.69) is 0 Å². The number of halogens is 6. The Hall–Kier alpha value is -1.22. The molecule has 0 saturated heterocycles. The average Bonchev–Trinajstić information content (AvgIpc) is 2.51. The molecule has 0 atom stereocenters. The lowest BCUT2D eigenvalue weighted by molar-refractivity contribution is -0.491. The zero-order valence-electron chi connectivity index (χ0n) is 12.2. The van der Waals surface area contributed by atoms with Crippen molar-refractivity contribution in [2.45, 2.75) is 3.92 Å². The summed E-state index contributed by atoms with van der Waals surface area (Å²) in [6.07, 6.45) is 0. The highest BCUT2D eigenvalue weighted by molar-refractivity contribution is 6.65. The van der Waals surface area contributed by atoms with Crippen LogP contribution in [0.4, 0.5) is 5.69 Å². The van der Waals surface area contributed by atoms with Gasteiger partial charge in [0.1, 0.15) is 5.75 Å². The van der Waals surface area contributed by atoms with Crippen LogP contribution in [0.1, 0.15) is 0 Å².